The average molecular weight is 280 g/mol. The molecule has 6 heteroatoms. The standard InChI is InChI=1S/C12H12N2O2S2/c15-12(14-5-1-2-6-16-14)9-8-18-11(13-9)10-4-3-7-17-10/h3-4,7-8H,1-2,5-6H2. The molecule has 18 heavy (non-hydrogen) atoms. The maximum absolute atomic E-state index is 12.1. The van der Waals surface area contributed by atoms with Gasteiger partial charge < -0.3 is 0 Å². The molecule has 0 saturated carbocycles. The molecule has 2 aromatic rings. The van der Waals surface area contributed by atoms with Crippen LogP contribution in [0.3, 0.4) is 0 Å². The Bertz CT molecular complexity index is 530. The fourth-order valence-corrected chi connectivity index (χ4v) is 3.38. The van der Waals surface area contributed by atoms with Gasteiger partial charge in [-0.25, -0.2) is 10.0 Å². The van der Waals surface area contributed by atoms with Crippen LogP contribution in [0.5, 0.6) is 0 Å². The first kappa shape index (κ1) is 11.8. The lowest BCUT2D eigenvalue weighted by atomic mass is 10.3. The van der Waals surface area contributed by atoms with Crippen molar-refractivity contribution in [3.63, 3.8) is 0 Å². The summed E-state index contributed by atoms with van der Waals surface area (Å²) in [4.78, 5) is 23.0. The van der Waals surface area contributed by atoms with Crippen LogP contribution in [0.25, 0.3) is 9.88 Å². The smallest absolute Gasteiger partial charge is 0.271 e. The lowest BCUT2D eigenvalue weighted by Gasteiger charge is -2.24. The third kappa shape index (κ3) is 2.31. The number of rotatable bonds is 2. The van der Waals surface area contributed by atoms with Crippen molar-refractivity contribution in [1.29, 1.82) is 0 Å². The highest BCUT2D eigenvalue weighted by Gasteiger charge is 2.22. The van der Waals surface area contributed by atoms with Crippen molar-refractivity contribution in [3.8, 4) is 9.88 Å². The number of hydrogen-bond donors (Lipinski definition) is 0. The van der Waals surface area contributed by atoms with E-state index in [1.165, 1.54) is 16.4 Å². The molecule has 0 spiro atoms. The molecule has 2 aromatic heterocycles. The van der Waals surface area contributed by atoms with Crippen LogP contribution < -0.4 is 0 Å². The van der Waals surface area contributed by atoms with Crippen LogP contribution in [0.4, 0.5) is 0 Å². The second kappa shape index (κ2) is 5.17. The van der Waals surface area contributed by atoms with E-state index < -0.39 is 0 Å². The molecule has 0 aromatic carbocycles. The van der Waals surface area contributed by atoms with Gasteiger partial charge >= 0.3 is 0 Å². The van der Waals surface area contributed by atoms with E-state index in [1.807, 2.05) is 17.5 Å². The zero-order valence-corrected chi connectivity index (χ0v) is 11.3. The summed E-state index contributed by atoms with van der Waals surface area (Å²) in [6, 6.07) is 3.99. The third-order valence-electron chi connectivity index (χ3n) is 2.68. The number of amides is 1. The Morgan fingerprint density at radius 1 is 1.39 bits per heavy atom. The van der Waals surface area contributed by atoms with Crippen LogP contribution >= 0.6 is 22.7 Å². The number of thiazole rings is 1. The fourth-order valence-electron chi connectivity index (χ4n) is 1.77. The molecule has 0 radical (unpaired) electrons. The van der Waals surface area contributed by atoms with Crippen molar-refractivity contribution >= 4 is 28.6 Å². The molecule has 94 valence electrons. The van der Waals surface area contributed by atoms with Crippen LogP contribution in [0.2, 0.25) is 0 Å². The van der Waals surface area contributed by atoms with Crippen LogP contribution in [0, 0.1) is 0 Å². The summed E-state index contributed by atoms with van der Waals surface area (Å²) < 4.78 is 0. The van der Waals surface area contributed by atoms with Gasteiger partial charge in [0, 0.05) is 11.9 Å². The van der Waals surface area contributed by atoms with Gasteiger partial charge in [-0.15, -0.1) is 22.7 Å². The molecule has 1 aliphatic heterocycles. The van der Waals surface area contributed by atoms with E-state index in [-0.39, 0.29) is 5.91 Å². The van der Waals surface area contributed by atoms with Crippen molar-refractivity contribution in [1.82, 2.24) is 10.0 Å². The number of thiophene rings is 1. The molecule has 1 fully saturated rings. The van der Waals surface area contributed by atoms with Crippen molar-refractivity contribution in [2.45, 2.75) is 12.8 Å². The predicted octanol–water partition coefficient (Wildman–Crippen LogP) is 3.04. The van der Waals surface area contributed by atoms with E-state index in [2.05, 4.69) is 4.98 Å². The number of hydroxylamine groups is 2. The number of nitrogens with zero attached hydrogens (tertiary/aromatic N) is 2. The summed E-state index contributed by atoms with van der Waals surface area (Å²) in [5.41, 5.74) is 0.477. The second-order valence-corrected chi connectivity index (χ2v) is 5.77. The Morgan fingerprint density at radius 2 is 2.33 bits per heavy atom. The van der Waals surface area contributed by atoms with E-state index in [0.717, 1.165) is 22.7 Å². The van der Waals surface area contributed by atoms with E-state index in [4.69, 9.17) is 4.84 Å². The lowest BCUT2D eigenvalue weighted by Crippen LogP contribution is -2.35. The van der Waals surface area contributed by atoms with Gasteiger partial charge in [-0.05, 0) is 24.3 Å². The van der Waals surface area contributed by atoms with Gasteiger partial charge in [0.05, 0.1) is 11.5 Å². The summed E-state index contributed by atoms with van der Waals surface area (Å²) in [6.07, 6.45) is 2.01. The second-order valence-electron chi connectivity index (χ2n) is 3.96. The van der Waals surface area contributed by atoms with Gasteiger partial charge in [-0.3, -0.25) is 9.63 Å². The third-order valence-corrected chi connectivity index (χ3v) is 4.57. The van der Waals surface area contributed by atoms with Crippen LogP contribution in [0.15, 0.2) is 22.9 Å². The van der Waals surface area contributed by atoms with Crippen LogP contribution in [0.1, 0.15) is 23.3 Å². The topological polar surface area (TPSA) is 42.4 Å². The highest BCUT2D eigenvalue weighted by molar-refractivity contribution is 7.20. The zero-order chi connectivity index (χ0) is 12.4. The first-order valence-corrected chi connectivity index (χ1v) is 7.55. The fraction of sp³-hybridized carbons (Fsp3) is 0.333. The molecule has 0 aliphatic carbocycles. The van der Waals surface area contributed by atoms with Crippen molar-refractivity contribution in [2.75, 3.05) is 13.2 Å². The molecule has 3 heterocycles. The Kier molecular flexibility index (Phi) is 3.40. The molecule has 0 N–H and O–H groups in total. The number of hydrogen-bond acceptors (Lipinski definition) is 5. The molecule has 0 bridgehead atoms. The van der Waals surface area contributed by atoms with E-state index in [0.29, 0.717) is 18.8 Å². The lowest BCUT2D eigenvalue weighted by molar-refractivity contribution is -0.144. The SMILES string of the molecule is O=C(c1csc(-c2cccs2)n1)N1CCCCO1. The van der Waals surface area contributed by atoms with E-state index >= 15 is 0 Å². The number of carbonyl (C=O) groups excluding carboxylic acids is 1. The van der Waals surface area contributed by atoms with Gasteiger partial charge in [0.15, 0.2) is 0 Å². The highest BCUT2D eigenvalue weighted by atomic mass is 32.1. The Hall–Kier alpha value is -1.24. The quantitative estimate of drug-likeness (QED) is 0.849. The van der Waals surface area contributed by atoms with E-state index in [9.17, 15) is 4.79 Å². The zero-order valence-electron chi connectivity index (χ0n) is 9.67. The minimum atomic E-state index is -0.131. The average Bonchev–Trinajstić information content (AvgIpc) is 3.09. The Balaban J connectivity index is 1.78. The predicted molar refractivity (Wildman–Crippen MR) is 71.6 cm³/mol. The summed E-state index contributed by atoms with van der Waals surface area (Å²) >= 11 is 3.12. The Labute approximate surface area is 113 Å². The van der Waals surface area contributed by atoms with Crippen LogP contribution in [-0.4, -0.2) is 29.1 Å². The Morgan fingerprint density at radius 3 is 3.06 bits per heavy atom. The molecule has 0 atom stereocenters. The summed E-state index contributed by atoms with van der Waals surface area (Å²) in [5.74, 6) is -0.131. The summed E-state index contributed by atoms with van der Waals surface area (Å²) in [6.45, 7) is 1.28. The van der Waals surface area contributed by atoms with Gasteiger partial charge in [0.2, 0.25) is 0 Å². The van der Waals surface area contributed by atoms with E-state index in [1.54, 1.807) is 16.7 Å². The largest absolute Gasteiger partial charge is 0.296 e. The molecule has 0 unspecified atom stereocenters. The molecule has 1 aliphatic rings. The number of aromatic nitrogens is 1. The van der Waals surface area contributed by atoms with Crippen molar-refractivity contribution in [2.24, 2.45) is 0 Å². The highest BCUT2D eigenvalue weighted by Crippen LogP contribution is 2.28. The normalized spacial score (nSPS) is 15.9. The monoisotopic (exact) mass is 280 g/mol. The molecule has 4 nitrogen and oxygen atoms in total. The summed E-state index contributed by atoms with van der Waals surface area (Å²) in [5, 5.41) is 6.13. The maximum Gasteiger partial charge on any atom is 0.296 e. The molecule has 1 amide bonds. The molecular weight excluding hydrogens is 268 g/mol. The van der Waals surface area contributed by atoms with Gasteiger partial charge in [0.1, 0.15) is 10.7 Å². The summed E-state index contributed by atoms with van der Waals surface area (Å²) in [7, 11) is 0. The van der Waals surface area contributed by atoms with Gasteiger partial charge in [-0.1, -0.05) is 6.07 Å². The van der Waals surface area contributed by atoms with Gasteiger partial charge in [0.25, 0.3) is 5.91 Å². The molecule has 1 saturated heterocycles. The van der Waals surface area contributed by atoms with Gasteiger partial charge in [-0.2, -0.15) is 0 Å². The molecular formula is C12H12N2O2S2. The van der Waals surface area contributed by atoms with Crippen LogP contribution in [-0.2, 0) is 4.84 Å². The maximum atomic E-state index is 12.1. The minimum absolute atomic E-state index is 0.131. The minimum Gasteiger partial charge on any atom is -0.271 e. The van der Waals surface area contributed by atoms with Crippen molar-refractivity contribution in [3.05, 3.63) is 28.6 Å². The molecule has 3 rings (SSSR count). The first-order chi connectivity index (χ1) is 8.84. The van der Waals surface area contributed by atoms with Crippen molar-refractivity contribution < 1.29 is 9.63 Å². The first-order valence-electron chi connectivity index (χ1n) is 5.79. The number of carbonyl (C=O) groups is 1.